The van der Waals surface area contributed by atoms with E-state index in [2.05, 4.69) is 5.32 Å². The fourth-order valence-electron chi connectivity index (χ4n) is 3.22. The minimum Gasteiger partial charge on any atom is -0.493 e. The molecule has 2 aromatic carbocycles. The Labute approximate surface area is 171 Å². The van der Waals surface area contributed by atoms with Crippen LogP contribution < -0.4 is 14.8 Å². The predicted molar refractivity (Wildman–Crippen MR) is 111 cm³/mol. The van der Waals surface area contributed by atoms with Crippen LogP contribution in [0.1, 0.15) is 24.8 Å². The number of amides is 1. The number of benzene rings is 2. The summed E-state index contributed by atoms with van der Waals surface area (Å²) in [5.74, 6) is 0.627. The number of ether oxygens (including phenoxy) is 2. The molecule has 29 heavy (non-hydrogen) atoms. The van der Waals surface area contributed by atoms with Crippen molar-refractivity contribution in [2.24, 2.45) is 0 Å². The van der Waals surface area contributed by atoms with Gasteiger partial charge in [0.25, 0.3) is 5.91 Å². The van der Waals surface area contributed by atoms with Crippen LogP contribution >= 0.6 is 0 Å². The molecule has 0 radical (unpaired) electrons. The highest BCUT2D eigenvalue weighted by molar-refractivity contribution is 7.89. The van der Waals surface area contributed by atoms with E-state index in [0.29, 0.717) is 30.3 Å². The lowest BCUT2D eigenvalue weighted by Gasteiger charge is -2.26. The Hall–Kier alpha value is -2.58. The van der Waals surface area contributed by atoms with E-state index in [-0.39, 0.29) is 17.4 Å². The average Bonchev–Trinajstić information content (AvgIpc) is 2.73. The number of nitrogens with zero attached hydrogens (tertiary/aromatic N) is 1. The summed E-state index contributed by atoms with van der Waals surface area (Å²) in [5.41, 5.74) is 1.43. The topological polar surface area (TPSA) is 84.9 Å². The average molecular weight is 419 g/mol. The standard InChI is InChI=1S/C21H26N2O5S/c1-16-9-10-19(20(13-16)27-2)28-15-21(24)22-17-7-6-8-18(14-17)29(25,26)23-11-4-3-5-12-23/h6-10,13-14H,3-5,11-12,15H2,1-2H3,(H,22,24). The van der Waals surface area contributed by atoms with Crippen molar-refractivity contribution in [2.45, 2.75) is 31.1 Å². The molecule has 7 nitrogen and oxygen atoms in total. The van der Waals surface area contributed by atoms with Gasteiger partial charge in [-0.2, -0.15) is 4.31 Å². The molecule has 1 aliphatic heterocycles. The smallest absolute Gasteiger partial charge is 0.262 e. The van der Waals surface area contributed by atoms with Crippen LogP contribution in [0.15, 0.2) is 47.4 Å². The van der Waals surface area contributed by atoms with Crippen molar-refractivity contribution in [3.8, 4) is 11.5 Å². The van der Waals surface area contributed by atoms with Gasteiger partial charge in [0.15, 0.2) is 18.1 Å². The molecule has 0 saturated carbocycles. The summed E-state index contributed by atoms with van der Waals surface area (Å²) in [7, 11) is -2.02. The zero-order chi connectivity index (χ0) is 20.9. The monoisotopic (exact) mass is 418 g/mol. The van der Waals surface area contributed by atoms with Crippen LogP contribution in [0.25, 0.3) is 0 Å². The second kappa shape index (κ2) is 9.28. The number of piperidine rings is 1. The Morgan fingerprint density at radius 1 is 1.07 bits per heavy atom. The van der Waals surface area contributed by atoms with Crippen molar-refractivity contribution in [2.75, 3.05) is 32.1 Å². The zero-order valence-corrected chi connectivity index (χ0v) is 17.5. The van der Waals surface area contributed by atoms with Gasteiger partial charge >= 0.3 is 0 Å². The van der Waals surface area contributed by atoms with Crippen molar-refractivity contribution in [3.63, 3.8) is 0 Å². The van der Waals surface area contributed by atoms with E-state index in [1.807, 2.05) is 19.1 Å². The van der Waals surface area contributed by atoms with Gasteiger partial charge in [-0.25, -0.2) is 8.42 Å². The Morgan fingerprint density at radius 3 is 2.55 bits per heavy atom. The molecule has 3 rings (SSSR count). The molecule has 1 fully saturated rings. The first kappa shape index (κ1) is 21.1. The van der Waals surface area contributed by atoms with Crippen molar-refractivity contribution in [3.05, 3.63) is 48.0 Å². The van der Waals surface area contributed by atoms with E-state index in [0.717, 1.165) is 24.8 Å². The normalized spacial score (nSPS) is 15.0. The van der Waals surface area contributed by atoms with E-state index in [1.165, 1.54) is 17.5 Å². The number of anilines is 1. The van der Waals surface area contributed by atoms with E-state index in [9.17, 15) is 13.2 Å². The van der Waals surface area contributed by atoms with Crippen LogP contribution in [0.5, 0.6) is 11.5 Å². The largest absolute Gasteiger partial charge is 0.493 e. The van der Waals surface area contributed by atoms with Crippen LogP contribution in [0.4, 0.5) is 5.69 Å². The third-order valence-corrected chi connectivity index (χ3v) is 6.64. The molecule has 2 aromatic rings. The first-order valence-corrected chi connectivity index (χ1v) is 11.0. The maximum Gasteiger partial charge on any atom is 0.262 e. The Kier molecular flexibility index (Phi) is 6.76. The van der Waals surface area contributed by atoms with E-state index < -0.39 is 10.0 Å². The highest BCUT2D eigenvalue weighted by Gasteiger charge is 2.26. The summed E-state index contributed by atoms with van der Waals surface area (Å²) in [6.07, 6.45) is 2.79. The molecule has 0 aromatic heterocycles. The maximum atomic E-state index is 12.8. The van der Waals surface area contributed by atoms with Crippen molar-refractivity contribution < 1.29 is 22.7 Å². The van der Waals surface area contributed by atoms with E-state index in [4.69, 9.17) is 9.47 Å². The molecular weight excluding hydrogens is 392 g/mol. The molecule has 156 valence electrons. The number of hydrogen-bond acceptors (Lipinski definition) is 5. The third-order valence-electron chi connectivity index (χ3n) is 4.75. The van der Waals surface area contributed by atoms with Crippen LogP contribution in [-0.2, 0) is 14.8 Å². The zero-order valence-electron chi connectivity index (χ0n) is 16.7. The summed E-state index contributed by atoms with van der Waals surface area (Å²) < 4.78 is 37.9. The summed E-state index contributed by atoms with van der Waals surface area (Å²) in [6, 6.07) is 11.7. The summed E-state index contributed by atoms with van der Waals surface area (Å²) in [4.78, 5) is 12.5. The number of carbonyl (C=O) groups is 1. The quantitative estimate of drug-likeness (QED) is 0.746. The highest BCUT2D eigenvalue weighted by Crippen LogP contribution is 2.28. The molecule has 1 aliphatic rings. The lowest BCUT2D eigenvalue weighted by Crippen LogP contribution is -2.35. The number of carbonyl (C=O) groups excluding carboxylic acids is 1. The number of aryl methyl sites for hydroxylation is 1. The van der Waals surface area contributed by atoms with Gasteiger partial charge in [-0.3, -0.25) is 4.79 Å². The summed E-state index contributed by atoms with van der Waals surface area (Å²) in [6.45, 7) is 2.78. The second-order valence-electron chi connectivity index (χ2n) is 6.98. The van der Waals surface area contributed by atoms with Crippen LogP contribution in [-0.4, -0.2) is 45.4 Å². The molecule has 1 heterocycles. The fourth-order valence-corrected chi connectivity index (χ4v) is 4.79. The lowest BCUT2D eigenvalue weighted by atomic mass is 10.2. The minimum atomic E-state index is -3.55. The number of rotatable bonds is 7. The predicted octanol–water partition coefficient (Wildman–Crippen LogP) is 3.20. The highest BCUT2D eigenvalue weighted by atomic mass is 32.2. The maximum absolute atomic E-state index is 12.8. The van der Waals surface area contributed by atoms with Gasteiger partial charge in [-0.1, -0.05) is 18.6 Å². The summed E-state index contributed by atoms with van der Waals surface area (Å²) >= 11 is 0. The second-order valence-corrected chi connectivity index (χ2v) is 8.92. The van der Waals surface area contributed by atoms with Gasteiger partial charge in [0, 0.05) is 18.8 Å². The minimum absolute atomic E-state index is 0.179. The first-order valence-electron chi connectivity index (χ1n) is 9.57. The van der Waals surface area contributed by atoms with Gasteiger partial charge in [0.05, 0.1) is 12.0 Å². The van der Waals surface area contributed by atoms with Gasteiger partial charge < -0.3 is 14.8 Å². The number of nitrogens with one attached hydrogen (secondary N) is 1. The molecule has 0 atom stereocenters. The molecule has 1 amide bonds. The Balaban J connectivity index is 1.65. The van der Waals surface area contributed by atoms with Crippen molar-refractivity contribution in [1.82, 2.24) is 4.31 Å². The molecule has 8 heteroatoms. The molecule has 1 N–H and O–H groups in total. The summed E-state index contributed by atoms with van der Waals surface area (Å²) in [5, 5.41) is 2.69. The van der Waals surface area contributed by atoms with Gasteiger partial charge in [-0.05, 0) is 55.7 Å². The first-order chi connectivity index (χ1) is 13.9. The van der Waals surface area contributed by atoms with E-state index >= 15 is 0 Å². The van der Waals surface area contributed by atoms with Crippen LogP contribution in [0, 0.1) is 6.92 Å². The fraction of sp³-hybridized carbons (Fsp3) is 0.381. The molecule has 0 unspecified atom stereocenters. The van der Waals surface area contributed by atoms with Crippen LogP contribution in [0.3, 0.4) is 0 Å². The third kappa shape index (κ3) is 5.27. The lowest BCUT2D eigenvalue weighted by molar-refractivity contribution is -0.118. The number of methoxy groups -OCH3 is 1. The number of sulfonamides is 1. The van der Waals surface area contributed by atoms with Crippen molar-refractivity contribution in [1.29, 1.82) is 0 Å². The van der Waals surface area contributed by atoms with Gasteiger partial charge in [0.1, 0.15) is 0 Å². The molecule has 0 aliphatic carbocycles. The molecule has 0 spiro atoms. The Morgan fingerprint density at radius 2 is 1.83 bits per heavy atom. The molecular formula is C21H26N2O5S. The molecule has 0 bridgehead atoms. The van der Waals surface area contributed by atoms with Crippen molar-refractivity contribution >= 4 is 21.6 Å². The SMILES string of the molecule is COc1cc(C)ccc1OCC(=O)Nc1cccc(S(=O)(=O)N2CCCCC2)c1. The van der Waals surface area contributed by atoms with Gasteiger partial charge in [-0.15, -0.1) is 0 Å². The Bertz CT molecular complexity index is 969. The van der Waals surface area contributed by atoms with Gasteiger partial charge in [0.2, 0.25) is 10.0 Å². The number of hydrogen-bond donors (Lipinski definition) is 1. The molecule has 1 saturated heterocycles. The van der Waals surface area contributed by atoms with E-state index in [1.54, 1.807) is 24.3 Å². The van der Waals surface area contributed by atoms with Crippen LogP contribution in [0.2, 0.25) is 0 Å².